The summed E-state index contributed by atoms with van der Waals surface area (Å²) >= 11 is 0. The summed E-state index contributed by atoms with van der Waals surface area (Å²) in [6.07, 6.45) is 0.172. The van der Waals surface area contributed by atoms with Crippen molar-refractivity contribution in [3.63, 3.8) is 0 Å². The number of nitrogens with one attached hydrogen (secondary N) is 1. The number of aromatic nitrogens is 1. The van der Waals surface area contributed by atoms with Crippen LogP contribution < -0.4 is 5.32 Å². The van der Waals surface area contributed by atoms with Crippen molar-refractivity contribution in [2.24, 2.45) is 0 Å². The second-order valence-corrected chi connectivity index (χ2v) is 5.26. The Labute approximate surface area is 113 Å². The van der Waals surface area contributed by atoms with Gasteiger partial charge in [0.2, 0.25) is 0 Å². The molecule has 5 heteroatoms. The molecule has 0 radical (unpaired) electrons. The van der Waals surface area contributed by atoms with Gasteiger partial charge in [-0.2, -0.15) is 0 Å². The number of pyridine rings is 1. The second kappa shape index (κ2) is 6.52. The number of nitrogens with zero attached hydrogens (tertiary/aromatic N) is 1. The highest BCUT2D eigenvalue weighted by Gasteiger charge is 2.13. The highest BCUT2D eigenvalue weighted by atomic mass is 16.4. The van der Waals surface area contributed by atoms with Crippen LogP contribution in [0.1, 0.15) is 56.1 Å². The molecule has 1 aromatic rings. The van der Waals surface area contributed by atoms with Crippen LogP contribution in [-0.2, 0) is 0 Å². The zero-order valence-electron chi connectivity index (χ0n) is 11.8. The molecule has 1 aromatic heterocycles. The Balaban J connectivity index is 2.96. The lowest BCUT2D eigenvalue weighted by molar-refractivity contribution is 0.0696. The van der Waals surface area contributed by atoms with Gasteiger partial charge in [0.1, 0.15) is 5.82 Å². The van der Waals surface area contributed by atoms with Gasteiger partial charge in [0, 0.05) is 11.7 Å². The first kappa shape index (κ1) is 15.4. The molecule has 0 aliphatic carbocycles. The SMILES string of the molecule is CC(O)CC(C)Nc1cc(C(=O)O)cc(C(C)C)n1. The normalized spacial score (nSPS) is 14.2. The quantitative estimate of drug-likeness (QED) is 0.736. The summed E-state index contributed by atoms with van der Waals surface area (Å²) in [6, 6.07) is 3.14. The van der Waals surface area contributed by atoms with Crippen molar-refractivity contribution in [3.8, 4) is 0 Å². The number of carbonyl (C=O) groups is 1. The molecule has 2 atom stereocenters. The lowest BCUT2D eigenvalue weighted by atomic mass is 10.1. The Kier molecular flexibility index (Phi) is 5.30. The number of hydrogen-bond donors (Lipinski definition) is 3. The van der Waals surface area contributed by atoms with Gasteiger partial charge in [0.25, 0.3) is 0 Å². The van der Waals surface area contributed by atoms with E-state index >= 15 is 0 Å². The number of aliphatic hydroxyl groups is 1. The topological polar surface area (TPSA) is 82.5 Å². The van der Waals surface area contributed by atoms with E-state index < -0.39 is 12.1 Å². The Bertz CT molecular complexity index is 444. The average molecular weight is 266 g/mol. The number of carboxylic acids is 1. The number of rotatable bonds is 6. The summed E-state index contributed by atoms with van der Waals surface area (Å²) in [5.41, 5.74) is 0.970. The number of aliphatic hydroxyl groups excluding tert-OH is 1. The maximum atomic E-state index is 11.1. The van der Waals surface area contributed by atoms with Gasteiger partial charge in [-0.25, -0.2) is 9.78 Å². The molecule has 2 unspecified atom stereocenters. The molecule has 1 rings (SSSR count). The first-order valence-corrected chi connectivity index (χ1v) is 6.49. The Hall–Kier alpha value is -1.62. The molecule has 0 aliphatic rings. The molecule has 0 aromatic carbocycles. The van der Waals surface area contributed by atoms with E-state index in [4.69, 9.17) is 5.11 Å². The fourth-order valence-electron chi connectivity index (χ4n) is 1.87. The van der Waals surface area contributed by atoms with Crippen molar-refractivity contribution in [3.05, 3.63) is 23.4 Å². The van der Waals surface area contributed by atoms with E-state index in [9.17, 15) is 9.90 Å². The van der Waals surface area contributed by atoms with Crippen molar-refractivity contribution in [2.75, 3.05) is 5.32 Å². The molecule has 0 amide bonds. The summed E-state index contributed by atoms with van der Waals surface area (Å²) < 4.78 is 0. The van der Waals surface area contributed by atoms with E-state index in [-0.39, 0.29) is 17.5 Å². The minimum Gasteiger partial charge on any atom is -0.478 e. The molecule has 0 aliphatic heterocycles. The molecule has 0 fully saturated rings. The molecule has 0 spiro atoms. The molecule has 1 heterocycles. The van der Waals surface area contributed by atoms with Gasteiger partial charge in [0.15, 0.2) is 0 Å². The predicted molar refractivity (Wildman–Crippen MR) is 74.7 cm³/mol. The number of anilines is 1. The van der Waals surface area contributed by atoms with Gasteiger partial charge in [-0.1, -0.05) is 13.8 Å². The Morgan fingerprint density at radius 3 is 2.42 bits per heavy atom. The number of hydrogen-bond acceptors (Lipinski definition) is 4. The van der Waals surface area contributed by atoms with Gasteiger partial charge in [0.05, 0.1) is 11.7 Å². The lowest BCUT2D eigenvalue weighted by Gasteiger charge is -2.17. The molecule has 106 valence electrons. The van der Waals surface area contributed by atoms with Crippen molar-refractivity contribution in [1.82, 2.24) is 4.98 Å². The van der Waals surface area contributed by atoms with Gasteiger partial charge >= 0.3 is 5.97 Å². The van der Waals surface area contributed by atoms with Crippen LogP contribution in [0.4, 0.5) is 5.82 Å². The maximum absolute atomic E-state index is 11.1. The fraction of sp³-hybridized carbons (Fsp3) is 0.571. The summed E-state index contributed by atoms with van der Waals surface area (Å²) in [4.78, 5) is 15.5. The van der Waals surface area contributed by atoms with Gasteiger partial charge in [-0.05, 0) is 38.3 Å². The Morgan fingerprint density at radius 2 is 1.95 bits per heavy atom. The third-order valence-corrected chi connectivity index (χ3v) is 2.77. The van der Waals surface area contributed by atoms with Gasteiger partial charge < -0.3 is 15.5 Å². The van der Waals surface area contributed by atoms with Gasteiger partial charge in [-0.15, -0.1) is 0 Å². The minimum atomic E-state index is -0.962. The molecule has 0 bridgehead atoms. The van der Waals surface area contributed by atoms with Crippen LogP contribution in [0.2, 0.25) is 0 Å². The first-order valence-electron chi connectivity index (χ1n) is 6.49. The average Bonchev–Trinajstić information content (AvgIpc) is 2.26. The first-order chi connectivity index (χ1) is 8.79. The zero-order chi connectivity index (χ0) is 14.6. The van der Waals surface area contributed by atoms with Crippen LogP contribution in [0.15, 0.2) is 12.1 Å². The third-order valence-electron chi connectivity index (χ3n) is 2.77. The third kappa shape index (κ3) is 4.87. The van der Waals surface area contributed by atoms with E-state index in [2.05, 4.69) is 10.3 Å². The standard InChI is InChI=1S/C14H22N2O3/c1-8(2)12-6-11(14(18)19)7-13(16-12)15-9(3)5-10(4)17/h6-10,17H,5H2,1-4H3,(H,15,16)(H,18,19). The minimum absolute atomic E-state index is 0.0246. The van der Waals surface area contributed by atoms with E-state index in [0.29, 0.717) is 12.2 Å². The largest absolute Gasteiger partial charge is 0.478 e. The van der Waals surface area contributed by atoms with Gasteiger partial charge in [-0.3, -0.25) is 0 Å². The monoisotopic (exact) mass is 266 g/mol. The molecule has 3 N–H and O–H groups in total. The van der Waals surface area contributed by atoms with Crippen LogP contribution >= 0.6 is 0 Å². The van der Waals surface area contributed by atoms with Crippen molar-refractivity contribution in [1.29, 1.82) is 0 Å². The number of carboxylic acid groups (broad SMARTS) is 1. The molecule has 5 nitrogen and oxygen atoms in total. The van der Waals surface area contributed by atoms with Crippen LogP contribution in [0, 0.1) is 0 Å². The van der Waals surface area contributed by atoms with E-state index in [0.717, 1.165) is 5.69 Å². The summed E-state index contributed by atoms with van der Waals surface area (Å²) in [5, 5.41) is 21.6. The van der Waals surface area contributed by atoms with Crippen LogP contribution in [0.25, 0.3) is 0 Å². The maximum Gasteiger partial charge on any atom is 0.335 e. The Morgan fingerprint density at radius 1 is 1.32 bits per heavy atom. The summed E-state index contributed by atoms with van der Waals surface area (Å²) in [7, 11) is 0. The molecule has 0 saturated carbocycles. The van der Waals surface area contributed by atoms with E-state index in [1.54, 1.807) is 13.0 Å². The number of aromatic carboxylic acids is 1. The highest BCUT2D eigenvalue weighted by Crippen LogP contribution is 2.18. The zero-order valence-corrected chi connectivity index (χ0v) is 11.8. The van der Waals surface area contributed by atoms with Crippen molar-refractivity contribution < 1.29 is 15.0 Å². The second-order valence-electron chi connectivity index (χ2n) is 5.26. The molecule has 19 heavy (non-hydrogen) atoms. The van der Waals surface area contributed by atoms with E-state index in [1.807, 2.05) is 20.8 Å². The summed E-state index contributed by atoms with van der Waals surface area (Å²) in [5.74, 6) is -0.265. The van der Waals surface area contributed by atoms with E-state index in [1.165, 1.54) is 6.07 Å². The van der Waals surface area contributed by atoms with Crippen molar-refractivity contribution in [2.45, 2.75) is 52.2 Å². The van der Waals surface area contributed by atoms with Crippen molar-refractivity contribution >= 4 is 11.8 Å². The fourth-order valence-corrected chi connectivity index (χ4v) is 1.87. The lowest BCUT2D eigenvalue weighted by Crippen LogP contribution is -2.21. The summed E-state index contributed by atoms with van der Waals surface area (Å²) in [6.45, 7) is 7.59. The molecular formula is C14H22N2O3. The smallest absolute Gasteiger partial charge is 0.335 e. The predicted octanol–water partition coefficient (Wildman–Crippen LogP) is 2.47. The highest BCUT2D eigenvalue weighted by molar-refractivity contribution is 5.88. The van der Waals surface area contributed by atoms with Crippen LogP contribution in [0.3, 0.4) is 0 Å². The van der Waals surface area contributed by atoms with Crippen LogP contribution in [0.5, 0.6) is 0 Å². The molecule has 0 saturated heterocycles. The van der Waals surface area contributed by atoms with Crippen LogP contribution in [-0.4, -0.2) is 33.3 Å². The molecular weight excluding hydrogens is 244 g/mol.